The molecule has 34 heavy (non-hydrogen) atoms. The molecule has 0 saturated carbocycles. The van der Waals surface area contributed by atoms with Gasteiger partial charge in [0.15, 0.2) is 0 Å². The number of hydrogen-bond donors (Lipinski definition) is 2. The fourth-order valence-electron chi connectivity index (χ4n) is 3.92. The van der Waals surface area contributed by atoms with Crippen LogP contribution in [0.25, 0.3) is 11.1 Å². The van der Waals surface area contributed by atoms with E-state index in [0.717, 1.165) is 22.3 Å². The standard InChI is InChI=1S/C25H27NO8/c1-2-32-25(31)34-15-33-24(30)21-14-19(26-22(27)10-11-23(28)29)12-18-9-8-17(13-20(18)21)16-6-4-3-5-7-16/h3-9,13,19,21H,2,10-12,14-15H2,1H3,(H,26,27)(H,28,29). The predicted molar refractivity (Wildman–Crippen MR) is 121 cm³/mol. The molecule has 1 amide bonds. The molecular weight excluding hydrogens is 442 g/mol. The van der Waals surface area contributed by atoms with E-state index in [9.17, 15) is 19.2 Å². The normalized spacial score (nSPS) is 16.6. The molecule has 9 heteroatoms. The molecule has 180 valence electrons. The lowest BCUT2D eigenvalue weighted by Gasteiger charge is -2.31. The van der Waals surface area contributed by atoms with E-state index >= 15 is 0 Å². The van der Waals surface area contributed by atoms with Crippen LogP contribution in [0, 0.1) is 0 Å². The number of hydrogen-bond acceptors (Lipinski definition) is 7. The van der Waals surface area contributed by atoms with Crippen molar-refractivity contribution in [2.75, 3.05) is 13.4 Å². The average molecular weight is 469 g/mol. The molecule has 2 unspecified atom stereocenters. The van der Waals surface area contributed by atoms with Crippen LogP contribution in [0.1, 0.15) is 43.2 Å². The molecule has 0 aromatic heterocycles. The van der Waals surface area contributed by atoms with Crippen LogP contribution in [0.4, 0.5) is 4.79 Å². The first kappa shape index (κ1) is 24.8. The topological polar surface area (TPSA) is 128 Å². The molecule has 2 aromatic rings. The molecule has 1 aliphatic carbocycles. The number of fused-ring (bicyclic) bond motifs is 1. The predicted octanol–water partition coefficient (Wildman–Crippen LogP) is 3.41. The Balaban J connectivity index is 1.79. The Hall–Kier alpha value is -3.88. The molecule has 2 atom stereocenters. The second-order valence-corrected chi connectivity index (χ2v) is 7.84. The minimum atomic E-state index is -1.05. The molecule has 3 rings (SSSR count). The number of nitrogens with one attached hydrogen (secondary N) is 1. The summed E-state index contributed by atoms with van der Waals surface area (Å²) in [6.45, 7) is 1.17. The third-order valence-corrected chi connectivity index (χ3v) is 5.47. The Bertz CT molecular complexity index is 1040. The minimum absolute atomic E-state index is 0.133. The Morgan fingerprint density at radius 3 is 2.44 bits per heavy atom. The quantitative estimate of drug-likeness (QED) is 0.422. The largest absolute Gasteiger partial charge is 0.511 e. The lowest BCUT2D eigenvalue weighted by molar-refractivity contribution is -0.155. The highest BCUT2D eigenvalue weighted by Gasteiger charge is 2.34. The molecule has 0 radical (unpaired) electrons. The molecule has 2 aromatic carbocycles. The van der Waals surface area contributed by atoms with Gasteiger partial charge in [0.2, 0.25) is 12.7 Å². The average Bonchev–Trinajstić information content (AvgIpc) is 2.82. The van der Waals surface area contributed by atoms with Crippen LogP contribution >= 0.6 is 0 Å². The lowest BCUT2D eigenvalue weighted by atomic mass is 9.79. The van der Waals surface area contributed by atoms with Gasteiger partial charge in [-0.25, -0.2) is 4.79 Å². The third kappa shape index (κ3) is 6.81. The van der Waals surface area contributed by atoms with Crippen molar-refractivity contribution in [3.63, 3.8) is 0 Å². The third-order valence-electron chi connectivity index (χ3n) is 5.47. The lowest BCUT2D eigenvalue weighted by Crippen LogP contribution is -2.41. The van der Waals surface area contributed by atoms with Crippen molar-refractivity contribution in [3.8, 4) is 11.1 Å². The van der Waals surface area contributed by atoms with E-state index in [-0.39, 0.29) is 31.9 Å². The summed E-state index contributed by atoms with van der Waals surface area (Å²) in [6.07, 6.45) is -0.594. The van der Waals surface area contributed by atoms with Gasteiger partial charge in [-0.15, -0.1) is 0 Å². The van der Waals surface area contributed by atoms with Gasteiger partial charge in [-0.05, 0) is 42.0 Å². The van der Waals surface area contributed by atoms with Gasteiger partial charge in [0, 0.05) is 12.5 Å². The second-order valence-electron chi connectivity index (χ2n) is 7.84. The van der Waals surface area contributed by atoms with Crippen molar-refractivity contribution in [1.29, 1.82) is 0 Å². The van der Waals surface area contributed by atoms with E-state index in [1.165, 1.54) is 0 Å². The molecular formula is C25H27NO8. The molecule has 0 aliphatic heterocycles. The van der Waals surface area contributed by atoms with E-state index in [0.29, 0.717) is 6.42 Å². The molecule has 0 heterocycles. The van der Waals surface area contributed by atoms with Gasteiger partial charge < -0.3 is 24.6 Å². The van der Waals surface area contributed by atoms with Crippen LogP contribution in [0.5, 0.6) is 0 Å². The Kier molecular flexibility index (Phi) is 8.61. The number of amides is 1. The van der Waals surface area contributed by atoms with Gasteiger partial charge in [0.05, 0.1) is 18.9 Å². The highest BCUT2D eigenvalue weighted by Crippen LogP contribution is 2.36. The fraction of sp³-hybridized carbons (Fsp3) is 0.360. The maximum atomic E-state index is 12.9. The van der Waals surface area contributed by atoms with Gasteiger partial charge >= 0.3 is 18.1 Å². The van der Waals surface area contributed by atoms with Crippen molar-refractivity contribution in [2.45, 2.75) is 44.6 Å². The monoisotopic (exact) mass is 469 g/mol. The van der Waals surface area contributed by atoms with E-state index in [1.54, 1.807) is 6.92 Å². The number of carboxylic acids is 1. The summed E-state index contributed by atoms with van der Waals surface area (Å²) in [7, 11) is 0. The first-order valence-corrected chi connectivity index (χ1v) is 11.0. The summed E-state index contributed by atoms with van der Waals surface area (Å²) in [5, 5.41) is 11.6. The molecule has 1 aliphatic rings. The Labute approximate surface area is 197 Å². The number of ether oxygens (including phenoxy) is 3. The summed E-state index contributed by atoms with van der Waals surface area (Å²) < 4.78 is 14.6. The Morgan fingerprint density at radius 1 is 0.971 bits per heavy atom. The zero-order valence-corrected chi connectivity index (χ0v) is 18.8. The number of carbonyl (C=O) groups is 4. The summed E-state index contributed by atoms with van der Waals surface area (Å²) in [4.78, 5) is 47.3. The maximum absolute atomic E-state index is 12.9. The first-order chi connectivity index (χ1) is 16.4. The SMILES string of the molecule is CCOC(=O)OCOC(=O)C1CC(NC(=O)CCC(=O)O)Cc2ccc(-c3ccccc3)cc21. The van der Waals surface area contributed by atoms with Crippen LogP contribution in [0.2, 0.25) is 0 Å². The van der Waals surface area contributed by atoms with Crippen molar-refractivity contribution in [1.82, 2.24) is 5.32 Å². The van der Waals surface area contributed by atoms with Crippen LogP contribution in [0.15, 0.2) is 48.5 Å². The zero-order valence-electron chi connectivity index (χ0n) is 18.8. The van der Waals surface area contributed by atoms with Gasteiger partial charge in [-0.1, -0.05) is 48.5 Å². The van der Waals surface area contributed by atoms with Crippen molar-refractivity contribution < 1.29 is 38.5 Å². The van der Waals surface area contributed by atoms with Crippen LogP contribution in [-0.4, -0.2) is 48.5 Å². The minimum Gasteiger partial charge on any atom is -0.481 e. The van der Waals surface area contributed by atoms with E-state index in [2.05, 4.69) is 10.1 Å². The summed E-state index contributed by atoms with van der Waals surface area (Å²) in [5.74, 6) is -2.75. The van der Waals surface area contributed by atoms with Gasteiger partial charge in [-0.3, -0.25) is 14.4 Å². The molecule has 0 spiro atoms. The second kappa shape index (κ2) is 11.8. The van der Waals surface area contributed by atoms with Gasteiger partial charge in [0.25, 0.3) is 0 Å². The molecule has 0 bridgehead atoms. The van der Waals surface area contributed by atoms with E-state index in [4.69, 9.17) is 14.6 Å². The van der Waals surface area contributed by atoms with Gasteiger partial charge in [0.1, 0.15) is 0 Å². The molecule has 9 nitrogen and oxygen atoms in total. The number of carbonyl (C=O) groups excluding carboxylic acids is 3. The van der Waals surface area contributed by atoms with E-state index < -0.39 is 36.7 Å². The number of benzene rings is 2. The van der Waals surface area contributed by atoms with Crippen LogP contribution in [0.3, 0.4) is 0 Å². The number of carboxylic acid groups (broad SMARTS) is 1. The van der Waals surface area contributed by atoms with Crippen molar-refractivity contribution in [2.24, 2.45) is 0 Å². The van der Waals surface area contributed by atoms with Crippen molar-refractivity contribution >= 4 is 24.0 Å². The summed E-state index contributed by atoms with van der Waals surface area (Å²) in [5.41, 5.74) is 3.58. The Morgan fingerprint density at radius 2 is 1.74 bits per heavy atom. The van der Waals surface area contributed by atoms with Crippen molar-refractivity contribution in [3.05, 3.63) is 59.7 Å². The smallest absolute Gasteiger partial charge is 0.481 e. The number of rotatable bonds is 9. The number of aliphatic carboxylic acids is 1. The fourth-order valence-corrected chi connectivity index (χ4v) is 3.92. The molecule has 0 saturated heterocycles. The first-order valence-electron chi connectivity index (χ1n) is 11.0. The van der Waals surface area contributed by atoms with Crippen LogP contribution in [-0.2, 0) is 35.0 Å². The molecule has 0 fully saturated rings. The zero-order chi connectivity index (χ0) is 24.5. The highest BCUT2D eigenvalue weighted by atomic mass is 16.8. The van der Waals surface area contributed by atoms with Gasteiger partial charge in [-0.2, -0.15) is 0 Å². The maximum Gasteiger partial charge on any atom is 0.511 e. The summed E-state index contributed by atoms with van der Waals surface area (Å²) >= 11 is 0. The molecule has 2 N–H and O–H groups in total. The van der Waals surface area contributed by atoms with Crippen LogP contribution < -0.4 is 5.32 Å². The number of esters is 1. The summed E-state index contributed by atoms with van der Waals surface area (Å²) in [6, 6.07) is 15.1. The van der Waals surface area contributed by atoms with E-state index in [1.807, 2.05) is 48.5 Å². The highest BCUT2D eigenvalue weighted by molar-refractivity contribution is 5.82.